The smallest absolute Gasteiger partial charge is 0.243 e. The van der Waals surface area contributed by atoms with Crippen LogP contribution in [0.3, 0.4) is 0 Å². The Morgan fingerprint density at radius 3 is 2.40 bits per heavy atom. The van der Waals surface area contributed by atoms with E-state index in [0.717, 1.165) is 32.0 Å². The lowest BCUT2D eigenvalue weighted by molar-refractivity contribution is -0.127. The first-order chi connectivity index (χ1) is 12.0. The molecule has 1 aliphatic rings. The maximum Gasteiger partial charge on any atom is 0.243 e. The van der Waals surface area contributed by atoms with Crippen molar-refractivity contribution in [3.8, 4) is 0 Å². The molecule has 0 heterocycles. The van der Waals surface area contributed by atoms with Crippen LogP contribution in [0.1, 0.15) is 59.3 Å². The van der Waals surface area contributed by atoms with E-state index in [-0.39, 0.29) is 12.5 Å². The standard InChI is InChI=1S/C19H39N5O/c1-6-24(7-2)14-10-11-16(3)21-19(20-15-18(25)23(4)5)22-17-12-8-9-13-17/h16-17H,6-15H2,1-5H3,(H2,20,21,22). The first kappa shape index (κ1) is 21.7. The highest BCUT2D eigenvalue weighted by Crippen LogP contribution is 2.17. The minimum Gasteiger partial charge on any atom is -0.354 e. The SMILES string of the molecule is CCN(CC)CCCC(C)NC(=NCC(=O)N(C)C)NC1CCCC1. The van der Waals surface area contributed by atoms with Gasteiger partial charge < -0.3 is 20.4 Å². The summed E-state index contributed by atoms with van der Waals surface area (Å²) in [6, 6.07) is 0.834. The van der Waals surface area contributed by atoms with Gasteiger partial charge in [-0.2, -0.15) is 0 Å². The molecular formula is C19H39N5O. The lowest BCUT2D eigenvalue weighted by atomic mass is 10.1. The largest absolute Gasteiger partial charge is 0.354 e. The average Bonchev–Trinajstić information content (AvgIpc) is 3.09. The van der Waals surface area contributed by atoms with Crippen molar-refractivity contribution in [2.75, 3.05) is 40.3 Å². The van der Waals surface area contributed by atoms with Crippen LogP contribution in [0.4, 0.5) is 0 Å². The van der Waals surface area contributed by atoms with Crippen LogP contribution in [0.5, 0.6) is 0 Å². The molecule has 0 aromatic heterocycles. The number of amides is 1. The van der Waals surface area contributed by atoms with Gasteiger partial charge >= 0.3 is 0 Å². The number of nitrogens with one attached hydrogen (secondary N) is 2. The summed E-state index contributed by atoms with van der Waals surface area (Å²) in [5.74, 6) is 0.819. The second kappa shape index (κ2) is 12.1. The van der Waals surface area contributed by atoms with E-state index in [9.17, 15) is 4.79 Å². The van der Waals surface area contributed by atoms with Gasteiger partial charge in [-0.05, 0) is 52.2 Å². The van der Waals surface area contributed by atoms with E-state index < -0.39 is 0 Å². The first-order valence-electron chi connectivity index (χ1n) is 9.96. The summed E-state index contributed by atoms with van der Waals surface area (Å²) < 4.78 is 0. The zero-order valence-corrected chi connectivity index (χ0v) is 17.0. The monoisotopic (exact) mass is 353 g/mol. The van der Waals surface area contributed by atoms with Crippen LogP contribution >= 0.6 is 0 Å². The van der Waals surface area contributed by atoms with Gasteiger partial charge in [0, 0.05) is 26.2 Å². The molecule has 146 valence electrons. The van der Waals surface area contributed by atoms with E-state index in [2.05, 4.69) is 41.3 Å². The maximum atomic E-state index is 11.8. The molecule has 0 aromatic rings. The van der Waals surface area contributed by atoms with Gasteiger partial charge in [-0.3, -0.25) is 4.79 Å². The Morgan fingerprint density at radius 2 is 1.84 bits per heavy atom. The van der Waals surface area contributed by atoms with Crippen molar-refractivity contribution < 1.29 is 4.79 Å². The summed E-state index contributed by atoms with van der Waals surface area (Å²) in [6.07, 6.45) is 7.21. The highest BCUT2D eigenvalue weighted by atomic mass is 16.2. The zero-order chi connectivity index (χ0) is 18.7. The molecular weight excluding hydrogens is 314 g/mol. The summed E-state index contributed by atoms with van der Waals surface area (Å²) >= 11 is 0. The van der Waals surface area contributed by atoms with Crippen LogP contribution < -0.4 is 10.6 Å². The van der Waals surface area contributed by atoms with Crippen molar-refractivity contribution in [2.24, 2.45) is 4.99 Å². The first-order valence-corrected chi connectivity index (χ1v) is 9.96. The number of nitrogens with zero attached hydrogens (tertiary/aromatic N) is 3. The molecule has 0 bridgehead atoms. The quantitative estimate of drug-likeness (QED) is 0.466. The Balaban J connectivity index is 2.49. The fourth-order valence-corrected chi connectivity index (χ4v) is 3.15. The molecule has 0 radical (unpaired) electrons. The summed E-state index contributed by atoms with van der Waals surface area (Å²) in [6.45, 7) is 10.2. The molecule has 0 aliphatic heterocycles. The molecule has 0 saturated heterocycles. The third-order valence-corrected chi connectivity index (χ3v) is 4.96. The molecule has 0 aromatic carbocycles. The minimum absolute atomic E-state index is 0.0294. The maximum absolute atomic E-state index is 11.8. The molecule has 25 heavy (non-hydrogen) atoms. The fraction of sp³-hybridized carbons (Fsp3) is 0.895. The number of likely N-dealkylation sites (N-methyl/N-ethyl adjacent to an activating group) is 1. The third-order valence-electron chi connectivity index (χ3n) is 4.96. The molecule has 1 atom stereocenters. The van der Waals surface area contributed by atoms with E-state index in [0.29, 0.717) is 12.1 Å². The lowest BCUT2D eigenvalue weighted by Crippen LogP contribution is -2.46. The predicted molar refractivity (Wildman–Crippen MR) is 106 cm³/mol. The molecule has 1 aliphatic carbocycles. The van der Waals surface area contributed by atoms with Gasteiger partial charge in [0.2, 0.25) is 5.91 Å². The van der Waals surface area contributed by atoms with Crippen molar-refractivity contribution in [2.45, 2.75) is 71.4 Å². The van der Waals surface area contributed by atoms with Crippen LogP contribution in [-0.2, 0) is 4.79 Å². The summed E-state index contributed by atoms with van der Waals surface area (Å²) in [4.78, 5) is 20.4. The topological polar surface area (TPSA) is 60.0 Å². The highest BCUT2D eigenvalue weighted by molar-refractivity contribution is 5.85. The molecule has 1 unspecified atom stereocenters. The zero-order valence-electron chi connectivity index (χ0n) is 17.0. The van der Waals surface area contributed by atoms with E-state index in [1.165, 1.54) is 32.1 Å². The van der Waals surface area contributed by atoms with Crippen LogP contribution in [-0.4, -0.2) is 74.0 Å². The molecule has 1 fully saturated rings. The number of carbonyl (C=O) groups excluding carboxylic acids is 1. The Bertz CT molecular complexity index is 401. The van der Waals surface area contributed by atoms with Crippen LogP contribution in [0.15, 0.2) is 4.99 Å². The van der Waals surface area contributed by atoms with Gasteiger partial charge in [-0.25, -0.2) is 4.99 Å². The molecule has 2 N–H and O–H groups in total. The molecule has 1 rings (SSSR count). The van der Waals surface area contributed by atoms with Crippen molar-refractivity contribution in [1.29, 1.82) is 0 Å². The molecule has 6 heteroatoms. The normalized spacial score (nSPS) is 17.0. The number of aliphatic imine (C=N–C) groups is 1. The van der Waals surface area contributed by atoms with Crippen LogP contribution in [0.25, 0.3) is 0 Å². The Hall–Kier alpha value is -1.30. The van der Waals surface area contributed by atoms with Crippen LogP contribution in [0.2, 0.25) is 0 Å². The van der Waals surface area contributed by atoms with Gasteiger partial charge in [-0.1, -0.05) is 26.7 Å². The number of carbonyl (C=O) groups is 1. The van der Waals surface area contributed by atoms with Crippen LogP contribution in [0, 0.1) is 0 Å². The van der Waals surface area contributed by atoms with Crippen molar-refractivity contribution in [3.63, 3.8) is 0 Å². The third kappa shape index (κ3) is 9.10. The van der Waals surface area contributed by atoms with Gasteiger partial charge in [0.15, 0.2) is 5.96 Å². The number of guanidine groups is 1. The Labute approximate surface area is 154 Å². The summed E-state index contributed by atoms with van der Waals surface area (Å²) in [5.41, 5.74) is 0. The van der Waals surface area contributed by atoms with E-state index >= 15 is 0 Å². The highest BCUT2D eigenvalue weighted by Gasteiger charge is 2.17. The molecule has 6 nitrogen and oxygen atoms in total. The molecule has 1 saturated carbocycles. The summed E-state index contributed by atoms with van der Waals surface area (Å²) in [5, 5.41) is 7.02. The van der Waals surface area contributed by atoms with E-state index in [1.807, 2.05) is 0 Å². The second-order valence-electron chi connectivity index (χ2n) is 7.29. The molecule has 0 spiro atoms. The van der Waals surface area contributed by atoms with E-state index in [1.54, 1.807) is 19.0 Å². The van der Waals surface area contributed by atoms with Crippen molar-refractivity contribution in [3.05, 3.63) is 0 Å². The number of hydrogen-bond acceptors (Lipinski definition) is 3. The number of hydrogen-bond donors (Lipinski definition) is 2. The second-order valence-corrected chi connectivity index (χ2v) is 7.29. The predicted octanol–water partition coefficient (Wildman–Crippen LogP) is 2.06. The summed E-state index contributed by atoms with van der Waals surface area (Å²) in [7, 11) is 3.54. The van der Waals surface area contributed by atoms with Gasteiger partial charge in [-0.15, -0.1) is 0 Å². The Kier molecular flexibility index (Phi) is 10.5. The van der Waals surface area contributed by atoms with Gasteiger partial charge in [0.1, 0.15) is 6.54 Å². The van der Waals surface area contributed by atoms with E-state index in [4.69, 9.17) is 0 Å². The minimum atomic E-state index is 0.0294. The average molecular weight is 354 g/mol. The van der Waals surface area contributed by atoms with Gasteiger partial charge in [0.25, 0.3) is 0 Å². The molecule has 1 amide bonds. The van der Waals surface area contributed by atoms with Crippen molar-refractivity contribution >= 4 is 11.9 Å². The van der Waals surface area contributed by atoms with Gasteiger partial charge in [0.05, 0.1) is 0 Å². The lowest BCUT2D eigenvalue weighted by Gasteiger charge is -2.23. The number of rotatable bonds is 10. The fourth-order valence-electron chi connectivity index (χ4n) is 3.15. The van der Waals surface area contributed by atoms with Crippen molar-refractivity contribution in [1.82, 2.24) is 20.4 Å². The Morgan fingerprint density at radius 1 is 1.20 bits per heavy atom.